The third-order valence-electron chi connectivity index (χ3n) is 2.81. The van der Waals surface area contributed by atoms with Crippen LogP contribution in [-0.2, 0) is 9.53 Å². The lowest BCUT2D eigenvalue weighted by Crippen LogP contribution is -2.39. The predicted molar refractivity (Wildman–Crippen MR) is 69.1 cm³/mol. The van der Waals surface area contributed by atoms with E-state index in [1.807, 2.05) is 12.1 Å². The molecule has 2 unspecified atom stereocenters. The Morgan fingerprint density at radius 2 is 2.17 bits per heavy atom. The molecule has 0 bridgehead atoms. The minimum absolute atomic E-state index is 0.0751. The summed E-state index contributed by atoms with van der Waals surface area (Å²) in [5.74, 6) is 5.86. The number of carbonyl (C=O) groups excluding carboxylic acids is 1. The zero-order valence-electron chi connectivity index (χ0n) is 9.83. The Hall–Kier alpha value is -1.24. The summed E-state index contributed by atoms with van der Waals surface area (Å²) in [6.45, 7) is 0. The van der Waals surface area contributed by atoms with Gasteiger partial charge in [-0.3, -0.25) is 10.2 Å². The van der Waals surface area contributed by atoms with E-state index in [4.69, 9.17) is 15.7 Å². The van der Waals surface area contributed by atoms with Crippen molar-refractivity contribution < 1.29 is 14.6 Å². The van der Waals surface area contributed by atoms with Crippen LogP contribution in [0.5, 0.6) is 5.75 Å². The summed E-state index contributed by atoms with van der Waals surface area (Å²) in [4.78, 5) is 12.3. The predicted octanol–water partition coefficient (Wildman–Crippen LogP) is 1.02. The van der Waals surface area contributed by atoms with Gasteiger partial charge in [-0.15, -0.1) is 11.8 Å². The second-order valence-electron chi connectivity index (χ2n) is 4.14. The molecule has 1 aromatic rings. The number of hydrazine groups is 1. The first-order valence-electron chi connectivity index (χ1n) is 5.77. The average molecular weight is 268 g/mol. The Kier molecular flexibility index (Phi) is 4.46. The van der Waals surface area contributed by atoms with E-state index in [1.165, 1.54) is 0 Å². The maximum absolute atomic E-state index is 11.3. The van der Waals surface area contributed by atoms with Gasteiger partial charge in [0.25, 0.3) is 5.91 Å². The highest BCUT2D eigenvalue weighted by atomic mass is 32.2. The van der Waals surface area contributed by atoms with Gasteiger partial charge in [0.15, 0.2) is 0 Å². The fourth-order valence-corrected chi connectivity index (χ4v) is 2.80. The van der Waals surface area contributed by atoms with Crippen LogP contribution < -0.4 is 11.3 Å². The third-order valence-corrected chi connectivity index (χ3v) is 3.96. The number of aromatic hydroxyl groups is 1. The van der Waals surface area contributed by atoms with Crippen LogP contribution in [0.15, 0.2) is 29.2 Å². The van der Waals surface area contributed by atoms with E-state index in [1.54, 1.807) is 23.9 Å². The molecule has 1 heterocycles. The highest BCUT2D eigenvalue weighted by Gasteiger charge is 2.30. The number of hydrogen-bond acceptors (Lipinski definition) is 5. The van der Waals surface area contributed by atoms with Gasteiger partial charge in [-0.2, -0.15) is 0 Å². The van der Waals surface area contributed by atoms with Gasteiger partial charge in [-0.1, -0.05) is 0 Å². The highest BCUT2D eigenvalue weighted by Crippen LogP contribution is 2.27. The number of phenols is 1. The van der Waals surface area contributed by atoms with Crippen molar-refractivity contribution in [3.8, 4) is 5.75 Å². The third kappa shape index (κ3) is 3.38. The van der Waals surface area contributed by atoms with E-state index in [2.05, 4.69) is 5.43 Å². The summed E-state index contributed by atoms with van der Waals surface area (Å²) in [5.41, 5.74) is 2.11. The van der Waals surface area contributed by atoms with E-state index in [9.17, 15) is 4.79 Å². The normalized spacial score (nSPS) is 22.9. The van der Waals surface area contributed by atoms with Crippen molar-refractivity contribution in [2.24, 2.45) is 5.84 Å². The maximum Gasteiger partial charge on any atom is 0.263 e. The minimum atomic E-state index is -0.416. The number of benzene rings is 1. The van der Waals surface area contributed by atoms with E-state index in [0.717, 1.165) is 17.1 Å². The second-order valence-corrected chi connectivity index (χ2v) is 5.23. The molecule has 1 amide bonds. The van der Waals surface area contributed by atoms with Crippen molar-refractivity contribution in [2.75, 3.05) is 5.75 Å². The van der Waals surface area contributed by atoms with Crippen LogP contribution in [0.1, 0.15) is 12.8 Å². The first-order chi connectivity index (χ1) is 8.69. The molecule has 1 aromatic carbocycles. The molecule has 6 heteroatoms. The van der Waals surface area contributed by atoms with Gasteiger partial charge in [-0.05, 0) is 37.1 Å². The lowest BCUT2D eigenvalue weighted by molar-refractivity contribution is -0.131. The number of rotatable bonds is 4. The van der Waals surface area contributed by atoms with Crippen LogP contribution in [0.4, 0.5) is 0 Å². The Balaban J connectivity index is 1.78. The van der Waals surface area contributed by atoms with Crippen LogP contribution >= 0.6 is 11.8 Å². The van der Waals surface area contributed by atoms with Crippen molar-refractivity contribution in [1.82, 2.24) is 5.43 Å². The molecule has 0 spiro atoms. The molecule has 0 radical (unpaired) electrons. The standard InChI is InChI=1S/C12H16N2O3S/c13-14-12(16)11-6-3-9(17-11)7-18-10-4-1-8(15)2-5-10/h1-2,4-5,9,11,15H,3,6-7,13H2,(H,14,16). The molecule has 0 aliphatic carbocycles. The van der Waals surface area contributed by atoms with Gasteiger partial charge in [0, 0.05) is 10.6 Å². The SMILES string of the molecule is NNC(=O)C1CCC(CSc2ccc(O)cc2)O1. The van der Waals surface area contributed by atoms with Gasteiger partial charge < -0.3 is 9.84 Å². The van der Waals surface area contributed by atoms with Crippen LogP contribution in [0.25, 0.3) is 0 Å². The second kappa shape index (κ2) is 6.08. The number of hydrogen-bond donors (Lipinski definition) is 3. The number of nitrogens with two attached hydrogens (primary N) is 1. The summed E-state index contributed by atoms with van der Waals surface area (Å²) in [6.07, 6.45) is 1.24. The summed E-state index contributed by atoms with van der Waals surface area (Å²) in [6, 6.07) is 7.03. The molecule has 0 saturated carbocycles. The van der Waals surface area contributed by atoms with Gasteiger partial charge in [-0.25, -0.2) is 5.84 Å². The van der Waals surface area contributed by atoms with Crippen molar-refractivity contribution >= 4 is 17.7 Å². The summed E-state index contributed by atoms with van der Waals surface area (Å²) in [7, 11) is 0. The minimum Gasteiger partial charge on any atom is -0.508 e. The highest BCUT2D eigenvalue weighted by molar-refractivity contribution is 7.99. The Morgan fingerprint density at radius 3 is 2.83 bits per heavy atom. The zero-order chi connectivity index (χ0) is 13.0. The molecule has 1 saturated heterocycles. The zero-order valence-corrected chi connectivity index (χ0v) is 10.7. The lowest BCUT2D eigenvalue weighted by Gasteiger charge is -2.12. The molecular weight excluding hydrogens is 252 g/mol. The largest absolute Gasteiger partial charge is 0.508 e. The molecule has 1 fully saturated rings. The molecule has 2 rings (SSSR count). The van der Waals surface area contributed by atoms with E-state index in [-0.39, 0.29) is 17.8 Å². The van der Waals surface area contributed by atoms with Crippen LogP contribution in [0.3, 0.4) is 0 Å². The average Bonchev–Trinajstić information content (AvgIpc) is 2.86. The summed E-state index contributed by atoms with van der Waals surface area (Å²) >= 11 is 1.65. The number of thioether (sulfide) groups is 1. The van der Waals surface area contributed by atoms with E-state index < -0.39 is 6.10 Å². The Morgan fingerprint density at radius 1 is 1.44 bits per heavy atom. The van der Waals surface area contributed by atoms with Crippen molar-refractivity contribution in [3.05, 3.63) is 24.3 Å². The summed E-state index contributed by atoms with van der Waals surface area (Å²) in [5, 5.41) is 9.17. The first kappa shape index (κ1) is 13.2. The monoisotopic (exact) mass is 268 g/mol. The van der Waals surface area contributed by atoms with Crippen molar-refractivity contribution in [3.63, 3.8) is 0 Å². The van der Waals surface area contributed by atoms with Gasteiger partial charge >= 0.3 is 0 Å². The fourth-order valence-electron chi connectivity index (χ4n) is 1.85. The molecule has 0 aromatic heterocycles. The first-order valence-corrected chi connectivity index (χ1v) is 6.75. The van der Waals surface area contributed by atoms with Crippen LogP contribution in [-0.4, -0.2) is 29.0 Å². The number of amides is 1. The molecule has 98 valence electrons. The van der Waals surface area contributed by atoms with Gasteiger partial charge in [0.2, 0.25) is 0 Å². The Bertz CT molecular complexity index is 410. The number of nitrogens with one attached hydrogen (secondary N) is 1. The molecule has 1 aliphatic heterocycles. The molecule has 1 aliphatic rings. The summed E-state index contributed by atoms with van der Waals surface area (Å²) < 4.78 is 5.60. The van der Waals surface area contributed by atoms with Gasteiger partial charge in [0.1, 0.15) is 11.9 Å². The smallest absolute Gasteiger partial charge is 0.263 e. The molecular formula is C12H16N2O3S. The van der Waals surface area contributed by atoms with Crippen molar-refractivity contribution in [2.45, 2.75) is 29.9 Å². The number of ether oxygens (including phenoxy) is 1. The van der Waals surface area contributed by atoms with Crippen LogP contribution in [0.2, 0.25) is 0 Å². The lowest BCUT2D eigenvalue weighted by atomic mass is 10.2. The quantitative estimate of drug-likeness (QED) is 0.328. The fraction of sp³-hybridized carbons (Fsp3) is 0.417. The number of phenolic OH excluding ortho intramolecular Hbond substituents is 1. The molecule has 18 heavy (non-hydrogen) atoms. The molecule has 2 atom stereocenters. The van der Waals surface area contributed by atoms with E-state index in [0.29, 0.717) is 6.42 Å². The molecule has 4 N–H and O–H groups in total. The maximum atomic E-state index is 11.3. The Labute approximate surface area is 110 Å². The van der Waals surface area contributed by atoms with Crippen LogP contribution in [0, 0.1) is 0 Å². The van der Waals surface area contributed by atoms with Crippen molar-refractivity contribution in [1.29, 1.82) is 0 Å². The topological polar surface area (TPSA) is 84.6 Å². The number of carbonyl (C=O) groups is 1. The van der Waals surface area contributed by atoms with Gasteiger partial charge in [0.05, 0.1) is 6.10 Å². The van der Waals surface area contributed by atoms with E-state index >= 15 is 0 Å². The molecule has 5 nitrogen and oxygen atoms in total.